The van der Waals surface area contributed by atoms with Gasteiger partial charge in [0, 0.05) is 17.5 Å². The third kappa shape index (κ3) is 5.07. The third-order valence-electron chi connectivity index (χ3n) is 5.51. The molecule has 4 rings (SSSR count). The summed E-state index contributed by atoms with van der Waals surface area (Å²) in [6.45, 7) is 2.37. The summed E-state index contributed by atoms with van der Waals surface area (Å²) < 4.78 is 5.32. The fourth-order valence-corrected chi connectivity index (χ4v) is 3.91. The molecule has 3 aromatic carbocycles. The van der Waals surface area contributed by atoms with Crippen LogP contribution in [0, 0.1) is 0 Å². The van der Waals surface area contributed by atoms with E-state index in [4.69, 9.17) is 9.72 Å². The number of rotatable bonds is 8. The summed E-state index contributed by atoms with van der Waals surface area (Å²) >= 11 is 0. The Morgan fingerprint density at radius 2 is 1.65 bits per heavy atom. The van der Waals surface area contributed by atoms with E-state index in [1.807, 2.05) is 79.7 Å². The van der Waals surface area contributed by atoms with Gasteiger partial charge in [-0.1, -0.05) is 67.6 Å². The van der Waals surface area contributed by atoms with Crippen molar-refractivity contribution in [2.45, 2.75) is 13.3 Å². The van der Waals surface area contributed by atoms with E-state index in [1.54, 1.807) is 24.1 Å². The Labute approximate surface area is 199 Å². The van der Waals surface area contributed by atoms with Gasteiger partial charge in [-0.25, -0.2) is 4.98 Å². The number of anilines is 1. The number of aromatic nitrogens is 1. The van der Waals surface area contributed by atoms with Crippen LogP contribution < -0.4 is 10.1 Å². The van der Waals surface area contributed by atoms with Crippen LogP contribution in [-0.4, -0.2) is 41.9 Å². The fraction of sp³-hybridized carbons (Fsp3) is 0.179. The first kappa shape index (κ1) is 23.0. The van der Waals surface area contributed by atoms with E-state index in [0.717, 1.165) is 28.6 Å². The molecule has 0 aliphatic carbocycles. The van der Waals surface area contributed by atoms with Crippen molar-refractivity contribution in [3.63, 3.8) is 0 Å². The number of carbonyl (C=O) groups is 2. The Kier molecular flexibility index (Phi) is 7.18. The van der Waals surface area contributed by atoms with Crippen molar-refractivity contribution in [3.8, 4) is 17.0 Å². The number of methoxy groups -OCH3 is 1. The molecule has 0 fully saturated rings. The monoisotopic (exact) mass is 453 g/mol. The number of pyridine rings is 1. The van der Waals surface area contributed by atoms with Crippen molar-refractivity contribution in [1.29, 1.82) is 0 Å². The molecule has 0 radical (unpaired) electrons. The Hall–Kier alpha value is -4.19. The highest BCUT2D eigenvalue weighted by molar-refractivity contribution is 6.08. The Morgan fingerprint density at radius 3 is 2.41 bits per heavy atom. The Bertz CT molecular complexity index is 1300. The third-order valence-corrected chi connectivity index (χ3v) is 5.51. The van der Waals surface area contributed by atoms with Crippen LogP contribution in [0.15, 0.2) is 84.9 Å². The molecule has 0 aliphatic rings. The lowest BCUT2D eigenvalue weighted by molar-refractivity contribution is -0.116. The van der Waals surface area contributed by atoms with Gasteiger partial charge in [-0.15, -0.1) is 0 Å². The predicted octanol–water partition coefficient (Wildman–Crippen LogP) is 5.40. The lowest BCUT2D eigenvalue weighted by atomic mass is 10.0. The van der Waals surface area contributed by atoms with Crippen molar-refractivity contribution >= 4 is 28.4 Å². The molecule has 0 saturated heterocycles. The van der Waals surface area contributed by atoms with E-state index in [-0.39, 0.29) is 18.4 Å². The van der Waals surface area contributed by atoms with E-state index in [1.165, 1.54) is 0 Å². The zero-order valence-electron chi connectivity index (χ0n) is 19.3. The summed E-state index contributed by atoms with van der Waals surface area (Å²) in [6.07, 6.45) is 0.724. The molecule has 0 atom stereocenters. The molecule has 172 valence electrons. The average molecular weight is 454 g/mol. The summed E-state index contributed by atoms with van der Waals surface area (Å²) in [5, 5.41) is 3.62. The standard InChI is InChI=1S/C28H27N3O3/c1-3-17-31(19-27(32)30-24-15-9-10-16-26(24)34-2)28(33)22-18-25(20-11-5-4-6-12-20)29-23-14-8-7-13-21(22)23/h4-16,18H,3,17,19H2,1-2H3,(H,30,32). The normalized spacial score (nSPS) is 10.6. The summed E-state index contributed by atoms with van der Waals surface area (Å²) in [5.41, 5.74) is 3.49. The molecule has 0 unspecified atom stereocenters. The second-order valence-electron chi connectivity index (χ2n) is 7.91. The van der Waals surface area contributed by atoms with E-state index in [0.29, 0.717) is 23.5 Å². The van der Waals surface area contributed by atoms with Gasteiger partial charge in [0.25, 0.3) is 5.91 Å². The summed E-state index contributed by atoms with van der Waals surface area (Å²) in [5.74, 6) is 0.0811. The smallest absolute Gasteiger partial charge is 0.255 e. The average Bonchev–Trinajstić information content (AvgIpc) is 2.88. The summed E-state index contributed by atoms with van der Waals surface area (Å²) in [4.78, 5) is 33.0. The molecule has 1 N–H and O–H groups in total. The number of nitrogens with zero attached hydrogens (tertiary/aromatic N) is 2. The molecule has 4 aromatic rings. The fourth-order valence-electron chi connectivity index (χ4n) is 3.91. The van der Waals surface area contributed by atoms with Crippen molar-refractivity contribution in [1.82, 2.24) is 9.88 Å². The van der Waals surface area contributed by atoms with Crippen molar-refractivity contribution in [2.24, 2.45) is 0 Å². The molecule has 1 heterocycles. The van der Waals surface area contributed by atoms with Gasteiger partial charge in [0.2, 0.25) is 5.91 Å². The lowest BCUT2D eigenvalue weighted by Gasteiger charge is -2.23. The first-order valence-corrected chi connectivity index (χ1v) is 11.3. The number of benzene rings is 3. The molecule has 1 aromatic heterocycles. The minimum atomic E-state index is -0.284. The van der Waals surface area contributed by atoms with Crippen LogP contribution >= 0.6 is 0 Å². The highest BCUT2D eigenvalue weighted by atomic mass is 16.5. The Morgan fingerprint density at radius 1 is 0.941 bits per heavy atom. The highest BCUT2D eigenvalue weighted by Crippen LogP contribution is 2.26. The molecule has 0 spiro atoms. The number of hydrogen-bond donors (Lipinski definition) is 1. The number of nitrogens with one attached hydrogen (secondary N) is 1. The number of fused-ring (bicyclic) bond motifs is 1. The molecule has 0 bridgehead atoms. The van der Waals surface area contributed by atoms with E-state index >= 15 is 0 Å². The van der Waals surface area contributed by atoms with E-state index in [9.17, 15) is 9.59 Å². The first-order valence-electron chi connectivity index (χ1n) is 11.3. The number of carbonyl (C=O) groups excluding carboxylic acids is 2. The van der Waals surface area contributed by atoms with Gasteiger partial charge in [-0.3, -0.25) is 9.59 Å². The molecule has 6 heteroatoms. The largest absolute Gasteiger partial charge is 0.495 e. The molecule has 0 saturated carbocycles. The van der Waals surface area contributed by atoms with Gasteiger partial charge >= 0.3 is 0 Å². The minimum Gasteiger partial charge on any atom is -0.495 e. The molecular weight excluding hydrogens is 426 g/mol. The number of hydrogen-bond acceptors (Lipinski definition) is 4. The van der Waals surface area contributed by atoms with Gasteiger partial charge in [-0.2, -0.15) is 0 Å². The summed E-state index contributed by atoms with van der Waals surface area (Å²) in [6, 6.07) is 26.4. The highest BCUT2D eigenvalue weighted by Gasteiger charge is 2.22. The number of ether oxygens (including phenoxy) is 1. The molecule has 6 nitrogen and oxygen atoms in total. The van der Waals surface area contributed by atoms with Crippen molar-refractivity contribution in [3.05, 3.63) is 90.5 Å². The minimum absolute atomic E-state index is 0.0674. The lowest BCUT2D eigenvalue weighted by Crippen LogP contribution is -2.38. The Balaban J connectivity index is 1.66. The first-order chi connectivity index (χ1) is 16.6. The van der Waals surface area contributed by atoms with Crippen LogP contribution in [0.3, 0.4) is 0 Å². The van der Waals surface area contributed by atoms with Gasteiger partial charge in [0.1, 0.15) is 12.3 Å². The van der Waals surface area contributed by atoms with Gasteiger partial charge in [0.15, 0.2) is 0 Å². The maximum absolute atomic E-state index is 13.7. The number of amides is 2. The van der Waals surface area contributed by atoms with Gasteiger partial charge in [-0.05, 0) is 30.7 Å². The molecule has 34 heavy (non-hydrogen) atoms. The van der Waals surface area contributed by atoms with Crippen LogP contribution in [0.2, 0.25) is 0 Å². The maximum Gasteiger partial charge on any atom is 0.255 e. The molecule has 2 amide bonds. The van der Waals surface area contributed by atoms with Crippen LogP contribution in [0.4, 0.5) is 5.69 Å². The zero-order chi connectivity index (χ0) is 23.9. The quantitative estimate of drug-likeness (QED) is 0.388. The topological polar surface area (TPSA) is 71.5 Å². The maximum atomic E-state index is 13.7. The zero-order valence-corrected chi connectivity index (χ0v) is 19.3. The van der Waals surface area contributed by atoms with Crippen molar-refractivity contribution in [2.75, 3.05) is 25.5 Å². The van der Waals surface area contributed by atoms with Gasteiger partial charge < -0.3 is 15.0 Å². The van der Waals surface area contributed by atoms with Crippen LogP contribution in [0.5, 0.6) is 5.75 Å². The summed E-state index contributed by atoms with van der Waals surface area (Å²) in [7, 11) is 1.55. The van der Waals surface area contributed by atoms with Crippen LogP contribution in [0.25, 0.3) is 22.2 Å². The number of para-hydroxylation sites is 3. The second-order valence-corrected chi connectivity index (χ2v) is 7.91. The second kappa shape index (κ2) is 10.6. The molecule has 0 aliphatic heterocycles. The van der Waals surface area contributed by atoms with E-state index < -0.39 is 0 Å². The van der Waals surface area contributed by atoms with Gasteiger partial charge in [0.05, 0.1) is 29.6 Å². The SMILES string of the molecule is CCCN(CC(=O)Nc1ccccc1OC)C(=O)c1cc(-c2ccccc2)nc2ccccc12. The van der Waals surface area contributed by atoms with Crippen LogP contribution in [0.1, 0.15) is 23.7 Å². The van der Waals surface area contributed by atoms with E-state index in [2.05, 4.69) is 5.32 Å². The van der Waals surface area contributed by atoms with Crippen LogP contribution in [-0.2, 0) is 4.79 Å². The predicted molar refractivity (Wildman–Crippen MR) is 135 cm³/mol. The molecular formula is C28H27N3O3. The van der Waals surface area contributed by atoms with Crippen molar-refractivity contribution < 1.29 is 14.3 Å².